The quantitative estimate of drug-likeness (QED) is 0.662. The lowest BCUT2D eigenvalue weighted by molar-refractivity contribution is 0.152. The van der Waals surface area contributed by atoms with Crippen molar-refractivity contribution in [2.24, 2.45) is 5.10 Å². The highest BCUT2D eigenvalue weighted by molar-refractivity contribution is 5.81. The molecule has 2 aromatic rings. The minimum absolute atomic E-state index is 0.306. The number of carbonyl (C=O) groups excluding carboxylic acids is 1. The van der Waals surface area contributed by atoms with E-state index in [1.165, 1.54) is 6.21 Å². The Balaban J connectivity index is 2.08. The molecule has 0 saturated carbocycles. The molecule has 0 aliphatic heterocycles. The van der Waals surface area contributed by atoms with Gasteiger partial charge in [0, 0.05) is 11.3 Å². The highest BCUT2D eigenvalue weighted by Crippen LogP contribution is 2.16. The Morgan fingerprint density at radius 2 is 2.20 bits per heavy atom. The van der Waals surface area contributed by atoms with Crippen LogP contribution in [0.4, 0.5) is 4.79 Å². The molecule has 104 valence electrons. The van der Waals surface area contributed by atoms with Gasteiger partial charge in [0.2, 0.25) is 0 Å². The molecule has 0 spiro atoms. The number of carbonyl (C=O) groups is 1. The lowest BCUT2D eigenvalue weighted by atomic mass is 10.2. The number of hydrogen-bond acceptors (Lipinski definition) is 4. The van der Waals surface area contributed by atoms with Crippen molar-refractivity contribution in [2.75, 3.05) is 6.61 Å². The fourth-order valence-electron chi connectivity index (χ4n) is 1.64. The van der Waals surface area contributed by atoms with Crippen LogP contribution in [0.2, 0.25) is 0 Å². The van der Waals surface area contributed by atoms with Gasteiger partial charge in [0.15, 0.2) is 0 Å². The van der Waals surface area contributed by atoms with Crippen LogP contribution in [-0.4, -0.2) is 28.9 Å². The third-order valence-corrected chi connectivity index (χ3v) is 2.59. The van der Waals surface area contributed by atoms with Gasteiger partial charge >= 0.3 is 6.09 Å². The van der Waals surface area contributed by atoms with Crippen LogP contribution in [-0.2, 0) is 4.74 Å². The third-order valence-electron chi connectivity index (χ3n) is 2.59. The highest BCUT2D eigenvalue weighted by Gasteiger charge is 2.06. The van der Waals surface area contributed by atoms with Gasteiger partial charge in [-0.15, -0.1) is 0 Å². The van der Waals surface area contributed by atoms with Crippen LogP contribution in [0.25, 0.3) is 11.4 Å². The number of imidazole rings is 1. The highest BCUT2D eigenvalue weighted by atomic mass is 16.5. The number of rotatable bonds is 4. The Morgan fingerprint density at radius 1 is 1.45 bits per heavy atom. The molecule has 0 aliphatic rings. The van der Waals surface area contributed by atoms with Gasteiger partial charge in [-0.1, -0.05) is 30.3 Å². The maximum absolute atomic E-state index is 11.1. The first kappa shape index (κ1) is 13.8. The summed E-state index contributed by atoms with van der Waals surface area (Å²) in [5.41, 5.74) is 4.80. The van der Waals surface area contributed by atoms with Crippen molar-refractivity contribution in [1.82, 2.24) is 15.4 Å². The smallest absolute Gasteiger partial charge is 0.427 e. The second kappa shape index (κ2) is 6.51. The Hall–Kier alpha value is -2.63. The van der Waals surface area contributed by atoms with Crippen LogP contribution >= 0.6 is 0 Å². The van der Waals surface area contributed by atoms with Crippen molar-refractivity contribution in [2.45, 2.75) is 13.8 Å². The van der Waals surface area contributed by atoms with E-state index in [1.54, 1.807) is 6.92 Å². The van der Waals surface area contributed by atoms with Crippen LogP contribution in [0.3, 0.4) is 0 Å². The average molecular weight is 272 g/mol. The van der Waals surface area contributed by atoms with Gasteiger partial charge in [0.05, 0.1) is 12.8 Å². The molecule has 1 aromatic heterocycles. The van der Waals surface area contributed by atoms with E-state index in [9.17, 15) is 4.79 Å². The summed E-state index contributed by atoms with van der Waals surface area (Å²) in [4.78, 5) is 18.7. The number of aromatic nitrogens is 2. The molecule has 0 atom stereocenters. The number of benzene rings is 1. The summed E-state index contributed by atoms with van der Waals surface area (Å²) in [6.45, 7) is 3.93. The second-order valence-corrected chi connectivity index (χ2v) is 4.05. The zero-order chi connectivity index (χ0) is 14.4. The molecule has 0 fully saturated rings. The number of H-pyrrole nitrogens is 1. The predicted octanol–water partition coefficient (Wildman–Crippen LogP) is 2.47. The molecule has 6 nitrogen and oxygen atoms in total. The van der Waals surface area contributed by atoms with E-state index in [-0.39, 0.29) is 0 Å². The molecule has 0 radical (unpaired) electrons. The molecule has 1 heterocycles. The standard InChI is InChI=1S/C14H16N4O2/c1-3-20-14(19)18-15-9-12-10(2)16-13(17-12)11-7-5-4-6-8-11/h4-9H,3H2,1-2H3,(H,16,17)(H,18,19). The van der Waals surface area contributed by atoms with Gasteiger partial charge in [0.25, 0.3) is 0 Å². The number of aromatic amines is 1. The summed E-state index contributed by atoms with van der Waals surface area (Å²) in [6, 6.07) is 9.78. The molecule has 0 saturated heterocycles. The summed E-state index contributed by atoms with van der Waals surface area (Å²) < 4.78 is 4.69. The lowest BCUT2D eigenvalue weighted by Crippen LogP contribution is -2.18. The number of ether oxygens (including phenoxy) is 1. The fraction of sp³-hybridized carbons (Fsp3) is 0.214. The topological polar surface area (TPSA) is 79.4 Å². The normalized spacial score (nSPS) is 10.7. The van der Waals surface area contributed by atoms with Gasteiger partial charge in [-0.3, -0.25) is 0 Å². The molecule has 2 N–H and O–H groups in total. The monoisotopic (exact) mass is 272 g/mol. The fourth-order valence-corrected chi connectivity index (χ4v) is 1.64. The number of hydrazone groups is 1. The summed E-state index contributed by atoms with van der Waals surface area (Å²) >= 11 is 0. The number of hydrogen-bond donors (Lipinski definition) is 2. The van der Waals surface area contributed by atoms with Gasteiger partial charge in [-0.25, -0.2) is 15.2 Å². The average Bonchev–Trinajstić information content (AvgIpc) is 2.82. The summed E-state index contributed by atoms with van der Waals surface area (Å²) in [5.74, 6) is 0.765. The van der Waals surface area contributed by atoms with Crippen molar-refractivity contribution in [3.8, 4) is 11.4 Å². The first-order valence-corrected chi connectivity index (χ1v) is 6.28. The van der Waals surface area contributed by atoms with Crippen LogP contribution in [0.15, 0.2) is 35.4 Å². The molecule has 0 aliphatic carbocycles. The van der Waals surface area contributed by atoms with Crippen molar-refractivity contribution in [3.63, 3.8) is 0 Å². The number of nitrogens with zero attached hydrogens (tertiary/aromatic N) is 2. The maximum atomic E-state index is 11.1. The van der Waals surface area contributed by atoms with Crippen molar-refractivity contribution >= 4 is 12.3 Å². The Kier molecular flexibility index (Phi) is 4.49. The van der Waals surface area contributed by atoms with E-state index in [0.717, 1.165) is 17.1 Å². The van der Waals surface area contributed by atoms with E-state index in [2.05, 4.69) is 20.5 Å². The molecular weight excluding hydrogens is 256 g/mol. The summed E-state index contributed by atoms with van der Waals surface area (Å²) in [5, 5.41) is 3.80. The molecule has 0 bridgehead atoms. The third kappa shape index (κ3) is 3.44. The summed E-state index contributed by atoms with van der Waals surface area (Å²) in [6.07, 6.45) is 0.898. The van der Waals surface area contributed by atoms with Gasteiger partial charge < -0.3 is 9.72 Å². The van der Waals surface area contributed by atoms with Gasteiger partial charge in [-0.2, -0.15) is 5.10 Å². The van der Waals surface area contributed by atoms with Crippen molar-refractivity contribution in [3.05, 3.63) is 41.7 Å². The molecule has 0 unspecified atom stereocenters. The molecule has 20 heavy (non-hydrogen) atoms. The van der Waals surface area contributed by atoms with E-state index in [1.807, 2.05) is 37.3 Å². The zero-order valence-electron chi connectivity index (χ0n) is 11.4. The second-order valence-electron chi connectivity index (χ2n) is 4.05. The van der Waals surface area contributed by atoms with E-state index in [0.29, 0.717) is 12.3 Å². The maximum Gasteiger partial charge on any atom is 0.427 e. The SMILES string of the molecule is CCOC(=O)NN=Cc1nc(-c2ccccc2)[nH]c1C. The molecule has 2 rings (SSSR count). The molecular formula is C14H16N4O2. The largest absolute Gasteiger partial charge is 0.449 e. The Bertz CT molecular complexity index is 605. The molecule has 1 aromatic carbocycles. The van der Waals surface area contributed by atoms with E-state index >= 15 is 0 Å². The number of amides is 1. The van der Waals surface area contributed by atoms with E-state index < -0.39 is 6.09 Å². The van der Waals surface area contributed by atoms with Crippen LogP contribution in [0, 0.1) is 6.92 Å². The van der Waals surface area contributed by atoms with Crippen LogP contribution in [0.1, 0.15) is 18.3 Å². The predicted molar refractivity (Wildman–Crippen MR) is 76.5 cm³/mol. The van der Waals surface area contributed by atoms with Crippen LogP contribution < -0.4 is 5.43 Å². The number of aryl methyl sites for hydroxylation is 1. The summed E-state index contributed by atoms with van der Waals surface area (Å²) in [7, 11) is 0. The van der Waals surface area contributed by atoms with Gasteiger partial charge in [0.1, 0.15) is 11.5 Å². The number of nitrogens with one attached hydrogen (secondary N) is 2. The Labute approximate surface area is 116 Å². The molecule has 6 heteroatoms. The lowest BCUT2D eigenvalue weighted by Gasteiger charge is -1.97. The minimum atomic E-state index is -0.583. The Morgan fingerprint density at radius 3 is 2.90 bits per heavy atom. The van der Waals surface area contributed by atoms with Gasteiger partial charge in [-0.05, 0) is 13.8 Å². The van der Waals surface area contributed by atoms with Crippen molar-refractivity contribution < 1.29 is 9.53 Å². The first-order valence-electron chi connectivity index (χ1n) is 6.28. The first-order chi connectivity index (χ1) is 9.70. The van der Waals surface area contributed by atoms with Crippen molar-refractivity contribution in [1.29, 1.82) is 0 Å². The van der Waals surface area contributed by atoms with E-state index in [4.69, 9.17) is 4.74 Å². The molecule has 1 amide bonds. The minimum Gasteiger partial charge on any atom is -0.449 e. The van der Waals surface area contributed by atoms with Crippen LogP contribution in [0.5, 0.6) is 0 Å². The zero-order valence-corrected chi connectivity index (χ0v) is 11.4.